The maximum atomic E-state index is 12.3. The Morgan fingerprint density at radius 2 is 2.00 bits per heavy atom. The van der Waals surface area contributed by atoms with Crippen molar-refractivity contribution < 1.29 is 19.1 Å². The first kappa shape index (κ1) is 17.4. The zero-order chi connectivity index (χ0) is 17.6. The van der Waals surface area contributed by atoms with E-state index < -0.39 is 5.97 Å². The van der Waals surface area contributed by atoms with E-state index in [4.69, 9.17) is 9.47 Å². The summed E-state index contributed by atoms with van der Waals surface area (Å²) in [6.07, 6.45) is 2.01. The second-order valence-corrected chi connectivity index (χ2v) is 6.87. The van der Waals surface area contributed by atoms with Crippen LogP contribution in [-0.4, -0.2) is 41.5 Å². The molecule has 2 heterocycles. The molecule has 0 bridgehead atoms. The van der Waals surface area contributed by atoms with Crippen LogP contribution in [-0.2, 0) is 16.1 Å². The van der Waals surface area contributed by atoms with Gasteiger partial charge < -0.3 is 14.4 Å². The Morgan fingerprint density at radius 1 is 1.24 bits per heavy atom. The van der Waals surface area contributed by atoms with Crippen molar-refractivity contribution in [3.8, 4) is 5.75 Å². The summed E-state index contributed by atoms with van der Waals surface area (Å²) in [4.78, 5) is 30.4. The molecule has 1 saturated heterocycles. The molecule has 1 aromatic heterocycles. The predicted molar refractivity (Wildman–Crippen MR) is 93.7 cm³/mol. The number of amides is 1. The zero-order valence-corrected chi connectivity index (χ0v) is 14.9. The first-order valence-corrected chi connectivity index (χ1v) is 9.09. The van der Waals surface area contributed by atoms with E-state index in [9.17, 15) is 9.59 Å². The van der Waals surface area contributed by atoms with E-state index >= 15 is 0 Å². The number of esters is 1. The lowest BCUT2D eigenvalue weighted by molar-refractivity contribution is -0.133. The van der Waals surface area contributed by atoms with Gasteiger partial charge in [0.2, 0.25) is 0 Å². The third-order valence-electron chi connectivity index (χ3n) is 3.93. The van der Waals surface area contributed by atoms with E-state index in [1.54, 1.807) is 40.5 Å². The quantitative estimate of drug-likeness (QED) is 0.741. The molecule has 7 heteroatoms. The zero-order valence-electron chi connectivity index (χ0n) is 14.1. The van der Waals surface area contributed by atoms with Gasteiger partial charge in [0.25, 0.3) is 5.91 Å². The standard InChI is InChI=1S/C18H20N2O4S/c1-13-19-14(12-25-13)10-23-16-7-3-2-6-15(16)18(22)24-11-17(21)20-8-4-5-9-20/h2-3,6-7,12H,4-5,8-11H2,1H3. The molecule has 0 unspecified atom stereocenters. The van der Waals surface area contributed by atoms with Crippen molar-refractivity contribution in [2.24, 2.45) is 0 Å². The predicted octanol–water partition coefficient (Wildman–Crippen LogP) is 2.81. The number of nitrogens with zero attached hydrogens (tertiary/aromatic N) is 2. The van der Waals surface area contributed by atoms with E-state index in [1.807, 2.05) is 12.3 Å². The maximum absolute atomic E-state index is 12.3. The number of thiazole rings is 1. The van der Waals surface area contributed by atoms with Crippen LogP contribution in [0.2, 0.25) is 0 Å². The first-order chi connectivity index (χ1) is 12.1. The summed E-state index contributed by atoms with van der Waals surface area (Å²) >= 11 is 1.55. The lowest BCUT2D eigenvalue weighted by Crippen LogP contribution is -2.32. The molecule has 0 N–H and O–H groups in total. The molecule has 0 saturated carbocycles. The van der Waals surface area contributed by atoms with Gasteiger partial charge >= 0.3 is 5.97 Å². The number of para-hydroxylation sites is 1. The number of carbonyl (C=O) groups excluding carboxylic acids is 2. The summed E-state index contributed by atoms with van der Waals surface area (Å²) in [5.41, 5.74) is 1.12. The van der Waals surface area contributed by atoms with Crippen molar-refractivity contribution >= 4 is 23.2 Å². The summed E-state index contributed by atoms with van der Waals surface area (Å²) in [6, 6.07) is 6.86. The van der Waals surface area contributed by atoms with Gasteiger partial charge in [0.05, 0.1) is 10.7 Å². The second kappa shape index (κ2) is 8.11. The molecule has 0 atom stereocenters. The van der Waals surface area contributed by atoms with Crippen molar-refractivity contribution in [3.05, 3.63) is 45.9 Å². The van der Waals surface area contributed by atoms with Crippen LogP contribution in [0.1, 0.15) is 33.9 Å². The number of hydrogen-bond donors (Lipinski definition) is 0. The highest BCUT2D eigenvalue weighted by atomic mass is 32.1. The van der Waals surface area contributed by atoms with Gasteiger partial charge in [0.15, 0.2) is 6.61 Å². The fraction of sp³-hybridized carbons (Fsp3) is 0.389. The Kier molecular flexibility index (Phi) is 5.65. The average Bonchev–Trinajstić information content (AvgIpc) is 3.29. The van der Waals surface area contributed by atoms with E-state index in [1.165, 1.54) is 0 Å². The molecule has 1 fully saturated rings. The van der Waals surface area contributed by atoms with E-state index in [0.29, 0.717) is 11.3 Å². The fourth-order valence-electron chi connectivity index (χ4n) is 2.65. The molecule has 132 valence electrons. The van der Waals surface area contributed by atoms with E-state index in [2.05, 4.69) is 4.98 Å². The molecule has 0 spiro atoms. The SMILES string of the molecule is Cc1nc(COc2ccccc2C(=O)OCC(=O)N2CCCC2)cs1. The summed E-state index contributed by atoms with van der Waals surface area (Å²) in [7, 11) is 0. The average molecular weight is 360 g/mol. The van der Waals surface area contributed by atoms with Gasteiger partial charge in [0, 0.05) is 18.5 Å². The number of likely N-dealkylation sites (tertiary alicyclic amines) is 1. The number of aromatic nitrogens is 1. The normalized spacial score (nSPS) is 13.7. The molecule has 0 radical (unpaired) electrons. The Balaban J connectivity index is 1.59. The fourth-order valence-corrected chi connectivity index (χ4v) is 3.25. The van der Waals surface area contributed by atoms with Crippen molar-refractivity contribution in [2.45, 2.75) is 26.4 Å². The lowest BCUT2D eigenvalue weighted by atomic mass is 10.2. The minimum Gasteiger partial charge on any atom is -0.486 e. The van der Waals surface area contributed by atoms with Gasteiger partial charge in [-0.2, -0.15) is 0 Å². The highest BCUT2D eigenvalue weighted by Gasteiger charge is 2.21. The molecule has 25 heavy (non-hydrogen) atoms. The topological polar surface area (TPSA) is 68.7 Å². The third-order valence-corrected chi connectivity index (χ3v) is 4.76. The minimum atomic E-state index is -0.558. The highest BCUT2D eigenvalue weighted by Crippen LogP contribution is 2.21. The molecule has 1 amide bonds. The number of aryl methyl sites for hydroxylation is 1. The maximum Gasteiger partial charge on any atom is 0.342 e. The van der Waals surface area contributed by atoms with Gasteiger partial charge in [-0.15, -0.1) is 11.3 Å². The number of rotatable bonds is 6. The molecule has 2 aromatic rings. The van der Waals surface area contributed by atoms with Gasteiger partial charge in [-0.3, -0.25) is 4.79 Å². The Bertz CT molecular complexity index is 753. The van der Waals surface area contributed by atoms with Gasteiger partial charge in [-0.05, 0) is 31.9 Å². The van der Waals surface area contributed by atoms with Crippen molar-refractivity contribution in [3.63, 3.8) is 0 Å². The number of carbonyl (C=O) groups is 2. The van der Waals surface area contributed by atoms with Crippen LogP contribution >= 0.6 is 11.3 Å². The number of hydrogen-bond acceptors (Lipinski definition) is 6. The summed E-state index contributed by atoms with van der Waals surface area (Å²) < 4.78 is 10.9. The number of ether oxygens (including phenoxy) is 2. The molecular weight excluding hydrogens is 340 g/mol. The van der Waals surface area contributed by atoms with Gasteiger partial charge in [-0.25, -0.2) is 9.78 Å². The van der Waals surface area contributed by atoms with Crippen LogP contribution in [0.4, 0.5) is 0 Å². The summed E-state index contributed by atoms with van der Waals surface area (Å²) in [5.74, 6) is -0.286. The minimum absolute atomic E-state index is 0.151. The monoisotopic (exact) mass is 360 g/mol. The van der Waals surface area contributed by atoms with E-state index in [0.717, 1.165) is 36.6 Å². The van der Waals surface area contributed by atoms with Crippen LogP contribution in [0.5, 0.6) is 5.75 Å². The number of benzene rings is 1. The molecule has 1 aliphatic heterocycles. The van der Waals surface area contributed by atoms with Gasteiger partial charge in [0.1, 0.15) is 17.9 Å². The van der Waals surface area contributed by atoms with Crippen LogP contribution in [0.25, 0.3) is 0 Å². The van der Waals surface area contributed by atoms with Crippen LogP contribution in [0.3, 0.4) is 0 Å². The Labute approximate surface area is 150 Å². The summed E-state index contributed by atoms with van der Waals surface area (Å²) in [5, 5.41) is 2.89. The molecule has 0 aliphatic carbocycles. The molecule has 6 nitrogen and oxygen atoms in total. The Morgan fingerprint density at radius 3 is 2.72 bits per heavy atom. The largest absolute Gasteiger partial charge is 0.486 e. The van der Waals surface area contributed by atoms with Crippen molar-refractivity contribution in [1.82, 2.24) is 9.88 Å². The first-order valence-electron chi connectivity index (χ1n) is 8.21. The molecule has 1 aromatic carbocycles. The molecular formula is C18H20N2O4S. The third kappa shape index (κ3) is 4.57. The summed E-state index contributed by atoms with van der Waals surface area (Å²) in [6.45, 7) is 3.45. The van der Waals surface area contributed by atoms with Crippen LogP contribution in [0.15, 0.2) is 29.6 Å². The Hall–Kier alpha value is -2.41. The van der Waals surface area contributed by atoms with Crippen LogP contribution in [0, 0.1) is 6.92 Å². The second-order valence-electron chi connectivity index (χ2n) is 5.81. The lowest BCUT2D eigenvalue weighted by Gasteiger charge is -2.15. The van der Waals surface area contributed by atoms with Gasteiger partial charge in [-0.1, -0.05) is 12.1 Å². The van der Waals surface area contributed by atoms with E-state index in [-0.39, 0.29) is 19.1 Å². The van der Waals surface area contributed by atoms with Crippen molar-refractivity contribution in [2.75, 3.05) is 19.7 Å². The van der Waals surface area contributed by atoms with Crippen molar-refractivity contribution in [1.29, 1.82) is 0 Å². The van der Waals surface area contributed by atoms with Crippen LogP contribution < -0.4 is 4.74 Å². The smallest absolute Gasteiger partial charge is 0.342 e. The molecule has 1 aliphatic rings. The highest BCUT2D eigenvalue weighted by molar-refractivity contribution is 7.09. The molecule has 3 rings (SSSR count).